The number of nitrogens with one attached hydrogen (secondary N) is 2. The Morgan fingerprint density at radius 3 is 2.59 bits per heavy atom. The molecule has 0 aliphatic carbocycles. The second-order valence-corrected chi connectivity index (χ2v) is 7.35. The van der Waals surface area contributed by atoms with Crippen LogP contribution in [0.4, 0.5) is 0 Å². The summed E-state index contributed by atoms with van der Waals surface area (Å²) in [5.41, 5.74) is 2.73. The average molecular weight is 510 g/mol. The summed E-state index contributed by atoms with van der Waals surface area (Å²) in [7, 11) is 0. The highest BCUT2D eigenvalue weighted by atomic mass is 127. The van der Waals surface area contributed by atoms with Crippen LogP contribution >= 0.6 is 24.0 Å². The Balaban J connectivity index is 0.00000300. The fourth-order valence-corrected chi connectivity index (χ4v) is 3.61. The summed E-state index contributed by atoms with van der Waals surface area (Å²) >= 11 is 0. The molecule has 0 spiro atoms. The molecule has 1 aliphatic rings. The molecule has 1 fully saturated rings. The van der Waals surface area contributed by atoms with Crippen molar-refractivity contribution < 1.29 is 0 Å². The van der Waals surface area contributed by atoms with Gasteiger partial charge in [0.15, 0.2) is 5.96 Å². The van der Waals surface area contributed by atoms with Crippen LogP contribution in [0.5, 0.6) is 0 Å². The molecule has 160 valence electrons. The summed E-state index contributed by atoms with van der Waals surface area (Å²) in [6, 6.07) is 10.7. The van der Waals surface area contributed by atoms with Crippen LogP contribution in [0.25, 0.3) is 0 Å². The first-order chi connectivity index (χ1) is 13.8. The summed E-state index contributed by atoms with van der Waals surface area (Å²) in [5, 5.41) is 11.0. The number of aromatic nitrogens is 2. The Morgan fingerprint density at radius 2 is 1.86 bits per heavy atom. The van der Waals surface area contributed by atoms with Gasteiger partial charge in [0, 0.05) is 38.6 Å². The van der Waals surface area contributed by atoms with Gasteiger partial charge in [0.05, 0.1) is 6.54 Å². The number of piperidine rings is 1. The van der Waals surface area contributed by atoms with Gasteiger partial charge >= 0.3 is 0 Å². The van der Waals surface area contributed by atoms with Gasteiger partial charge in [0.2, 0.25) is 0 Å². The maximum absolute atomic E-state index is 4.83. The predicted octanol–water partition coefficient (Wildman–Crippen LogP) is 3.63. The van der Waals surface area contributed by atoms with Crippen molar-refractivity contribution in [1.29, 1.82) is 0 Å². The van der Waals surface area contributed by atoms with E-state index in [4.69, 9.17) is 4.99 Å². The zero-order valence-electron chi connectivity index (χ0n) is 17.5. The monoisotopic (exact) mass is 510 g/mol. The second-order valence-electron chi connectivity index (χ2n) is 7.35. The molecule has 1 aromatic carbocycles. The number of aryl methyl sites for hydroxylation is 1. The van der Waals surface area contributed by atoms with Crippen LogP contribution in [0.3, 0.4) is 0 Å². The van der Waals surface area contributed by atoms with Crippen LogP contribution in [0.2, 0.25) is 0 Å². The zero-order chi connectivity index (χ0) is 19.4. The van der Waals surface area contributed by atoms with Gasteiger partial charge < -0.3 is 10.6 Å². The third-order valence-corrected chi connectivity index (χ3v) is 5.13. The van der Waals surface area contributed by atoms with Crippen molar-refractivity contribution in [3.63, 3.8) is 0 Å². The van der Waals surface area contributed by atoms with Gasteiger partial charge in [-0.1, -0.05) is 30.7 Å². The van der Waals surface area contributed by atoms with E-state index in [0.29, 0.717) is 6.54 Å². The summed E-state index contributed by atoms with van der Waals surface area (Å²) in [6.45, 7) is 8.94. The highest BCUT2D eigenvalue weighted by molar-refractivity contribution is 14.0. The van der Waals surface area contributed by atoms with Crippen LogP contribution in [-0.2, 0) is 19.6 Å². The lowest BCUT2D eigenvalue weighted by Gasteiger charge is -2.27. The van der Waals surface area contributed by atoms with Gasteiger partial charge in [-0.3, -0.25) is 9.58 Å². The molecular weight excluding hydrogens is 475 g/mol. The Bertz CT molecular complexity index is 710. The first kappa shape index (κ1) is 23.7. The predicted molar refractivity (Wildman–Crippen MR) is 131 cm³/mol. The number of aliphatic imine (C=N–C) groups is 1. The first-order valence-electron chi connectivity index (χ1n) is 10.6. The fourth-order valence-electron chi connectivity index (χ4n) is 3.61. The van der Waals surface area contributed by atoms with Gasteiger partial charge in [-0.05, 0) is 56.5 Å². The van der Waals surface area contributed by atoms with Crippen LogP contribution in [0.15, 0.2) is 47.7 Å². The van der Waals surface area contributed by atoms with Crippen LogP contribution < -0.4 is 10.6 Å². The number of hydrogen-bond acceptors (Lipinski definition) is 3. The molecule has 7 heteroatoms. The minimum absolute atomic E-state index is 0. The Morgan fingerprint density at radius 1 is 1.07 bits per heavy atom. The molecule has 0 radical (unpaired) electrons. The quantitative estimate of drug-likeness (QED) is 0.234. The van der Waals surface area contributed by atoms with Crippen molar-refractivity contribution in [3.8, 4) is 0 Å². The number of hydrogen-bond donors (Lipinski definition) is 2. The van der Waals surface area contributed by atoms with Gasteiger partial charge in [-0.2, -0.15) is 5.10 Å². The highest BCUT2D eigenvalue weighted by Gasteiger charge is 2.12. The standard InChI is InChI=1S/C22H34N6.HI/c1-2-23-22(24-12-8-16-28-17-9-13-26-28)25-18-20-10-4-5-11-21(20)19-27-14-6-3-7-15-27;/h4-5,9-11,13,17H,2-3,6-8,12,14-16,18-19H2,1H3,(H2,23,24,25);1H. The molecule has 29 heavy (non-hydrogen) atoms. The van der Waals surface area contributed by atoms with E-state index in [1.165, 1.54) is 43.5 Å². The smallest absolute Gasteiger partial charge is 0.191 e. The van der Waals surface area contributed by atoms with E-state index in [-0.39, 0.29) is 24.0 Å². The molecule has 0 unspecified atom stereocenters. The average Bonchev–Trinajstić information content (AvgIpc) is 3.24. The highest BCUT2D eigenvalue weighted by Crippen LogP contribution is 2.16. The minimum Gasteiger partial charge on any atom is -0.357 e. The summed E-state index contributed by atoms with van der Waals surface area (Å²) in [4.78, 5) is 7.40. The molecular formula is C22H35IN6. The van der Waals surface area contributed by atoms with Crippen LogP contribution in [-0.4, -0.2) is 46.8 Å². The fraction of sp³-hybridized carbons (Fsp3) is 0.545. The third kappa shape index (κ3) is 8.34. The van der Waals surface area contributed by atoms with Crippen LogP contribution in [0, 0.1) is 0 Å². The maximum Gasteiger partial charge on any atom is 0.191 e. The number of nitrogens with zero attached hydrogens (tertiary/aromatic N) is 4. The number of benzene rings is 1. The molecule has 2 N–H and O–H groups in total. The van der Waals surface area contributed by atoms with E-state index >= 15 is 0 Å². The molecule has 2 aromatic rings. The molecule has 0 amide bonds. The summed E-state index contributed by atoms with van der Waals surface area (Å²) in [5.74, 6) is 0.885. The SMILES string of the molecule is CCNC(=NCc1ccccc1CN1CCCCC1)NCCCn1cccn1.I. The molecule has 1 saturated heterocycles. The molecule has 1 aliphatic heterocycles. The lowest BCUT2D eigenvalue weighted by molar-refractivity contribution is 0.220. The molecule has 0 bridgehead atoms. The van der Waals surface area contributed by atoms with Gasteiger partial charge in [-0.15, -0.1) is 24.0 Å². The molecule has 0 atom stereocenters. The maximum atomic E-state index is 4.83. The van der Waals surface area contributed by atoms with Gasteiger partial charge in [-0.25, -0.2) is 4.99 Å². The summed E-state index contributed by atoms with van der Waals surface area (Å²) < 4.78 is 1.96. The van der Waals surface area contributed by atoms with E-state index in [1.54, 1.807) is 0 Å². The summed E-state index contributed by atoms with van der Waals surface area (Å²) in [6.07, 6.45) is 8.86. The lowest BCUT2D eigenvalue weighted by atomic mass is 10.1. The van der Waals surface area contributed by atoms with Crippen molar-refractivity contribution in [2.75, 3.05) is 26.2 Å². The minimum atomic E-state index is 0. The van der Waals surface area contributed by atoms with Gasteiger partial charge in [0.1, 0.15) is 0 Å². The Kier molecular flexibility index (Phi) is 11.1. The lowest BCUT2D eigenvalue weighted by Crippen LogP contribution is -2.38. The number of likely N-dealkylation sites (tertiary alicyclic amines) is 1. The van der Waals surface area contributed by atoms with E-state index in [0.717, 1.165) is 38.6 Å². The Hall–Kier alpha value is -1.61. The van der Waals surface area contributed by atoms with Crippen molar-refractivity contribution in [2.45, 2.75) is 52.2 Å². The largest absolute Gasteiger partial charge is 0.357 e. The number of guanidine groups is 1. The van der Waals surface area contributed by atoms with Gasteiger partial charge in [0.25, 0.3) is 0 Å². The molecule has 2 heterocycles. The van der Waals surface area contributed by atoms with E-state index < -0.39 is 0 Å². The normalized spacial score (nSPS) is 15.0. The third-order valence-electron chi connectivity index (χ3n) is 5.13. The van der Waals surface area contributed by atoms with Crippen molar-refractivity contribution >= 4 is 29.9 Å². The van der Waals surface area contributed by atoms with E-state index in [1.807, 2.05) is 23.1 Å². The van der Waals surface area contributed by atoms with E-state index in [2.05, 4.69) is 51.8 Å². The molecule has 0 saturated carbocycles. The Labute approximate surface area is 192 Å². The van der Waals surface area contributed by atoms with Crippen LogP contribution in [0.1, 0.15) is 43.7 Å². The topological polar surface area (TPSA) is 57.5 Å². The number of halogens is 1. The molecule has 3 rings (SSSR count). The number of rotatable bonds is 9. The van der Waals surface area contributed by atoms with Crippen molar-refractivity contribution in [1.82, 2.24) is 25.3 Å². The second kappa shape index (κ2) is 13.6. The molecule has 6 nitrogen and oxygen atoms in total. The molecule has 1 aromatic heterocycles. The first-order valence-corrected chi connectivity index (χ1v) is 10.6. The van der Waals surface area contributed by atoms with E-state index in [9.17, 15) is 0 Å². The van der Waals surface area contributed by atoms with Crippen molar-refractivity contribution in [3.05, 3.63) is 53.9 Å². The van der Waals surface area contributed by atoms with Crippen molar-refractivity contribution in [2.24, 2.45) is 4.99 Å². The zero-order valence-corrected chi connectivity index (χ0v) is 19.8.